The molecule has 1 fully saturated rings. The second kappa shape index (κ2) is 7.76. The predicted molar refractivity (Wildman–Crippen MR) is 84.5 cm³/mol. The minimum Gasteiger partial charge on any atom is -0.314 e. The molecule has 0 amide bonds. The number of thioether (sulfide) groups is 1. The van der Waals surface area contributed by atoms with Crippen LogP contribution in [-0.4, -0.2) is 48.1 Å². The van der Waals surface area contributed by atoms with Gasteiger partial charge in [0.25, 0.3) is 0 Å². The molecule has 0 aliphatic carbocycles. The lowest BCUT2D eigenvalue weighted by atomic mass is 9.86. The largest absolute Gasteiger partial charge is 0.314 e. The van der Waals surface area contributed by atoms with E-state index in [-0.39, 0.29) is 0 Å². The molecule has 1 heterocycles. The molecule has 2 unspecified atom stereocenters. The summed E-state index contributed by atoms with van der Waals surface area (Å²) in [5, 5.41) is 4.48. The van der Waals surface area contributed by atoms with Gasteiger partial charge in [0.15, 0.2) is 0 Å². The highest BCUT2D eigenvalue weighted by atomic mass is 32.2. The molecule has 1 N–H and O–H groups in total. The van der Waals surface area contributed by atoms with E-state index in [1.165, 1.54) is 38.2 Å². The van der Waals surface area contributed by atoms with Crippen LogP contribution in [-0.2, 0) is 0 Å². The summed E-state index contributed by atoms with van der Waals surface area (Å²) in [5.74, 6) is 1.32. The van der Waals surface area contributed by atoms with E-state index >= 15 is 0 Å². The van der Waals surface area contributed by atoms with Gasteiger partial charge < -0.3 is 10.2 Å². The highest BCUT2D eigenvalue weighted by Gasteiger charge is 2.28. The lowest BCUT2D eigenvalue weighted by Crippen LogP contribution is -2.47. The summed E-state index contributed by atoms with van der Waals surface area (Å²) in [6.45, 7) is 16.5. The Kier molecular flexibility index (Phi) is 7.04. The maximum atomic E-state index is 3.62. The van der Waals surface area contributed by atoms with Gasteiger partial charge in [0, 0.05) is 43.2 Å². The molecule has 0 aromatic heterocycles. The Labute approximate surface area is 118 Å². The van der Waals surface area contributed by atoms with Crippen LogP contribution < -0.4 is 5.32 Å². The quantitative estimate of drug-likeness (QED) is 0.766. The molecule has 0 radical (unpaired) electrons. The summed E-state index contributed by atoms with van der Waals surface area (Å²) in [6, 6.07) is 0.594. The summed E-state index contributed by atoms with van der Waals surface area (Å²) >= 11 is 2.16. The van der Waals surface area contributed by atoms with E-state index in [9.17, 15) is 0 Å². The minimum absolute atomic E-state index is 0.421. The summed E-state index contributed by atoms with van der Waals surface area (Å²) in [6.07, 6.45) is 2.57. The number of hydrogen-bond acceptors (Lipinski definition) is 3. The molecule has 0 spiro atoms. The van der Waals surface area contributed by atoms with Crippen molar-refractivity contribution in [1.29, 1.82) is 0 Å². The number of hydrogen-bond donors (Lipinski definition) is 1. The van der Waals surface area contributed by atoms with Gasteiger partial charge in [0.1, 0.15) is 0 Å². The fourth-order valence-corrected chi connectivity index (χ4v) is 3.70. The number of nitrogens with zero attached hydrogens (tertiary/aromatic N) is 1. The number of nitrogens with one attached hydrogen (secondary N) is 1. The smallest absolute Gasteiger partial charge is 0.0172 e. The second-order valence-electron chi connectivity index (χ2n) is 6.34. The first-order valence-electron chi connectivity index (χ1n) is 7.56. The van der Waals surface area contributed by atoms with Gasteiger partial charge in [-0.3, -0.25) is 0 Å². The van der Waals surface area contributed by atoms with Gasteiger partial charge in [-0.15, -0.1) is 0 Å². The van der Waals surface area contributed by atoms with Crippen LogP contribution in [0.5, 0.6) is 0 Å². The van der Waals surface area contributed by atoms with Crippen LogP contribution in [0, 0.1) is 5.41 Å². The third-order valence-electron chi connectivity index (χ3n) is 4.07. The average molecular weight is 273 g/mol. The monoisotopic (exact) mass is 272 g/mol. The highest BCUT2D eigenvalue weighted by Crippen LogP contribution is 2.27. The van der Waals surface area contributed by atoms with Crippen molar-refractivity contribution in [3.63, 3.8) is 0 Å². The van der Waals surface area contributed by atoms with Crippen LogP contribution in [0.3, 0.4) is 0 Å². The maximum absolute atomic E-state index is 3.62. The van der Waals surface area contributed by atoms with E-state index in [0.29, 0.717) is 11.5 Å². The molecule has 2 atom stereocenters. The molecule has 3 heteroatoms. The first kappa shape index (κ1) is 16.3. The third kappa shape index (κ3) is 5.50. The first-order chi connectivity index (χ1) is 8.49. The van der Waals surface area contributed by atoms with Crippen molar-refractivity contribution in [2.24, 2.45) is 5.41 Å². The zero-order valence-corrected chi connectivity index (χ0v) is 13.8. The van der Waals surface area contributed by atoms with Gasteiger partial charge >= 0.3 is 0 Å². The van der Waals surface area contributed by atoms with Crippen molar-refractivity contribution in [2.75, 3.05) is 31.9 Å². The van der Waals surface area contributed by atoms with Crippen molar-refractivity contribution in [2.45, 2.75) is 58.8 Å². The third-order valence-corrected chi connectivity index (χ3v) is 5.45. The van der Waals surface area contributed by atoms with Gasteiger partial charge in [0.2, 0.25) is 0 Å². The molecular weight excluding hydrogens is 240 g/mol. The van der Waals surface area contributed by atoms with Gasteiger partial charge in [-0.25, -0.2) is 0 Å². The summed E-state index contributed by atoms with van der Waals surface area (Å²) in [5.41, 5.74) is 0.421. The Morgan fingerprint density at radius 2 is 2.11 bits per heavy atom. The molecule has 0 aromatic carbocycles. The van der Waals surface area contributed by atoms with Gasteiger partial charge in [-0.05, 0) is 18.3 Å². The topological polar surface area (TPSA) is 15.3 Å². The van der Waals surface area contributed by atoms with Crippen LogP contribution in [0.2, 0.25) is 0 Å². The summed E-state index contributed by atoms with van der Waals surface area (Å²) in [7, 11) is 0. The van der Waals surface area contributed by atoms with Crippen LogP contribution in [0.1, 0.15) is 47.5 Å². The molecule has 0 bridgehead atoms. The lowest BCUT2D eigenvalue weighted by Gasteiger charge is -2.39. The Morgan fingerprint density at radius 3 is 2.67 bits per heavy atom. The molecule has 2 nitrogen and oxygen atoms in total. The van der Waals surface area contributed by atoms with Crippen LogP contribution in [0.15, 0.2) is 0 Å². The molecule has 1 aliphatic heterocycles. The number of rotatable bonds is 7. The van der Waals surface area contributed by atoms with E-state index in [1.807, 2.05) is 0 Å². The van der Waals surface area contributed by atoms with Crippen molar-refractivity contribution < 1.29 is 0 Å². The van der Waals surface area contributed by atoms with Crippen LogP contribution in [0.4, 0.5) is 0 Å². The highest BCUT2D eigenvalue weighted by molar-refractivity contribution is 8.00. The van der Waals surface area contributed by atoms with Crippen LogP contribution in [0.25, 0.3) is 0 Å². The van der Waals surface area contributed by atoms with Gasteiger partial charge in [-0.2, -0.15) is 11.8 Å². The average Bonchev–Trinajstić information content (AvgIpc) is 2.36. The molecule has 0 saturated carbocycles. The SMILES string of the molecule is CCC1CN(CC(C)(CC)CNC(C)C)CCS1. The fourth-order valence-electron chi connectivity index (χ4n) is 2.45. The molecule has 18 heavy (non-hydrogen) atoms. The van der Waals surface area contributed by atoms with Crippen molar-refractivity contribution >= 4 is 11.8 Å². The Morgan fingerprint density at radius 1 is 1.39 bits per heavy atom. The minimum atomic E-state index is 0.421. The fraction of sp³-hybridized carbons (Fsp3) is 1.00. The second-order valence-corrected chi connectivity index (χ2v) is 7.74. The van der Waals surface area contributed by atoms with Gasteiger partial charge in [0.05, 0.1) is 0 Å². The first-order valence-corrected chi connectivity index (χ1v) is 8.61. The standard InChI is InChI=1S/C15H32N2S/c1-6-14-10-17(8-9-18-14)12-15(5,7-2)11-16-13(3)4/h13-14,16H,6-12H2,1-5H3. The Hall–Kier alpha value is 0.270. The maximum Gasteiger partial charge on any atom is 0.0172 e. The van der Waals surface area contributed by atoms with E-state index < -0.39 is 0 Å². The van der Waals surface area contributed by atoms with Crippen molar-refractivity contribution in [3.05, 3.63) is 0 Å². The van der Waals surface area contributed by atoms with E-state index in [1.54, 1.807) is 0 Å². The van der Waals surface area contributed by atoms with Crippen LogP contribution >= 0.6 is 11.8 Å². The van der Waals surface area contributed by atoms with Crippen molar-refractivity contribution in [3.8, 4) is 0 Å². The molecule has 1 aliphatic rings. The summed E-state index contributed by atoms with van der Waals surface area (Å²) < 4.78 is 0. The predicted octanol–water partition coefficient (Wildman–Crippen LogP) is 3.23. The molecule has 108 valence electrons. The summed E-state index contributed by atoms with van der Waals surface area (Å²) in [4.78, 5) is 2.69. The molecule has 0 aromatic rings. The lowest BCUT2D eigenvalue weighted by molar-refractivity contribution is 0.155. The van der Waals surface area contributed by atoms with Gasteiger partial charge in [-0.1, -0.05) is 34.6 Å². The zero-order chi connectivity index (χ0) is 13.6. The van der Waals surface area contributed by atoms with E-state index in [0.717, 1.165) is 11.8 Å². The molecule has 1 rings (SSSR count). The van der Waals surface area contributed by atoms with Crippen molar-refractivity contribution in [1.82, 2.24) is 10.2 Å². The Balaban J connectivity index is 2.45. The zero-order valence-electron chi connectivity index (χ0n) is 13.0. The van der Waals surface area contributed by atoms with E-state index in [2.05, 4.69) is 56.6 Å². The molecule has 1 saturated heterocycles. The van der Waals surface area contributed by atoms with E-state index in [4.69, 9.17) is 0 Å². The Bertz CT molecular complexity index is 233. The normalized spacial score (nSPS) is 25.3. The molecular formula is C15H32N2S.